The molecule has 1 fully saturated rings. The summed E-state index contributed by atoms with van der Waals surface area (Å²) < 4.78 is 26.4. The topological polar surface area (TPSA) is 49.4 Å². The zero-order chi connectivity index (χ0) is 12.9. The molecule has 4 nitrogen and oxygen atoms in total. The van der Waals surface area contributed by atoms with Gasteiger partial charge in [0, 0.05) is 18.6 Å². The maximum absolute atomic E-state index is 12.3. The van der Waals surface area contributed by atoms with Crippen LogP contribution in [0.4, 0.5) is 0 Å². The number of sulfonamides is 1. The first-order valence-electron chi connectivity index (χ1n) is 6.61. The molecule has 1 aliphatic rings. The van der Waals surface area contributed by atoms with Crippen LogP contribution in [0.1, 0.15) is 46.0 Å². The van der Waals surface area contributed by atoms with Crippen LogP contribution < -0.4 is 5.32 Å². The number of nitrogens with zero attached hydrogens (tertiary/aromatic N) is 1. The van der Waals surface area contributed by atoms with Crippen LogP contribution in [-0.2, 0) is 10.0 Å². The van der Waals surface area contributed by atoms with Crippen molar-refractivity contribution in [3.63, 3.8) is 0 Å². The summed E-state index contributed by atoms with van der Waals surface area (Å²) in [5, 5.41) is 3.13. The van der Waals surface area contributed by atoms with Gasteiger partial charge in [-0.2, -0.15) is 4.31 Å². The molecule has 1 aliphatic heterocycles. The normalized spacial score (nSPS) is 27.2. The average molecular weight is 262 g/mol. The first kappa shape index (κ1) is 14.9. The third kappa shape index (κ3) is 3.66. The zero-order valence-electron chi connectivity index (χ0n) is 11.3. The van der Waals surface area contributed by atoms with Crippen molar-refractivity contribution in [3.05, 3.63) is 0 Å². The molecule has 17 heavy (non-hydrogen) atoms. The molecule has 5 heteroatoms. The van der Waals surface area contributed by atoms with Crippen LogP contribution in [0.5, 0.6) is 0 Å². The van der Waals surface area contributed by atoms with Gasteiger partial charge in [-0.25, -0.2) is 8.42 Å². The quantitative estimate of drug-likeness (QED) is 0.790. The molecular formula is C12H26N2O2S. The van der Waals surface area contributed by atoms with Crippen molar-refractivity contribution in [2.45, 2.75) is 51.5 Å². The molecule has 0 amide bonds. The van der Waals surface area contributed by atoms with E-state index in [1.54, 1.807) is 4.31 Å². The van der Waals surface area contributed by atoms with Crippen molar-refractivity contribution < 1.29 is 8.42 Å². The van der Waals surface area contributed by atoms with Crippen molar-refractivity contribution in [2.75, 3.05) is 25.9 Å². The van der Waals surface area contributed by atoms with Crippen LogP contribution in [0, 0.1) is 0 Å². The van der Waals surface area contributed by atoms with E-state index in [0.717, 1.165) is 38.6 Å². The number of piperidine rings is 1. The highest BCUT2D eigenvalue weighted by Gasteiger charge is 2.40. The minimum atomic E-state index is -3.08. The Morgan fingerprint density at radius 3 is 2.65 bits per heavy atom. The van der Waals surface area contributed by atoms with Gasteiger partial charge in [-0.1, -0.05) is 19.8 Å². The maximum Gasteiger partial charge on any atom is 0.214 e. The number of unbranched alkanes of at least 4 members (excludes halogenated alkanes) is 1. The molecule has 0 aliphatic carbocycles. The molecule has 1 atom stereocenters. The van der Waals surface area contributed by atoms with Gasteiger partial charge < -0.3 is 5.32 Å². The molecule has 0 saturated carbocycles. The Kier molecular flexibility index (Phi) is 5.41. The van der Waals surface area contributed by atoms with Crippen molar-refractivity contribution in [1.82, 2.24) is 9.62 Å². The highest BCUT2D eigenvalue weighted by molar-refractivity contribution is 7.89. The first-order chi connectivity index (χ1) is 7.96. The van der Waals surface area contributed by atoms with E-state index in [1.807, 2.05) is 14.0 Å². The van der Waals surface area contributed by atoms with Crippen LogP contribution in [0.2, 0.25) is 0 Å². The Balaban J connectivity index is 2.83. The molecule has 0 radical (unpaired) electrons. The second-order valence-electron chi connectivity index (χ2n) is 5.23. The third-order valence-corrected chi connectivity index (χ3v) is 5.68. The Hall–Kier alpha value is -0.130. The summed E-state index contributed by atoms with van der Waals surface area (Å²) in [7, 11) is -1.20. The SMILES string of the molecule is CCCCS(=O)(=O)N1CCCCC1(C)CNC. The van der Waals surface area contributed by atoms with E-state index in [2.05, 4.69) is 12.2 Å². The predicted molar refractivity (Wildman–Crippen MR) is 71.6 cm³/mol. The van der Waals surface area contributed by atoms with Crippen LogP contribution in [0.15, 0.2) is 0 Å². The molecule has 1 unspecified atom stereocenters. The van der Waals surface area contributed by atoms with E-state index in [4.69, 9.17) is 0 Å². The molecular weight excluding hydrogens is 236 g/mol. The summed E-state index contributed by atoms with van der Waals surface area (Å²) in [5.74, 6) is 0.294. The number of hydrogen-bond acceptors (Lipinski definition) is 3. The molecule has 1 rings (SSSR count). The summed E-state index contributed by atoms with van der Waals surface area (Å²) in [6, 6.07) is 0. The third-order valence-electron chi connectivity index (χ3n) is 3.58. The summed E-state index contributed by atoms with van der Waals surface area (Å²) in [6.07, 6.45) is 4.76. The Bertz CT molecular complexity index is 325. The fourth-order valence-electron chi connectivity index (χ4n) is 2.63. The fraction of sp³-hybridized carbons (Fsp3) is 1.00. The van der Waals surface area contributed by atoms with Crippen molar-refractivity contribution in [2.24, 2.45) is 0 Å². The summed E-state index contributed by atoms with van der Waals surface area (Å²) in [6.45, 7) is 5.51. The second-order valence-corrected chi connectivity index (χ2v) is 7.24. The molecule has 102 valence electrons. The van der Waals surface area contributed by atoms with Crippen LogP contribution in [0.3, 0.4) is 0 Å². The van der Waals surface area contributed by atoms with E-state index in [1.165, 1.54) is 0 Å². The van der Waals surface area contributed by atoms with E-state index in [-0.39, 0.29) is 5.54 Å². The molecule has 0 aromatic rings. The molecule has 1 N–H and O–H groups in total. The van der Waals surface area contributed by atoms with Crippen molar-refractivity contribution in [3.8, 4) is 0 Å². The number of rotatable bonds is 6. The lowest BCUT2D eigenvalue weighted by Crippen LogP contribution is -2.57. The van der Waals surface area contributed by atoms with Gasteiger partial charge >= 0.3 is 0 Å². The first-order valence-corrected chi connectivity index (χ1v) is 8.22. The minimum absolute atomic E-state index is 0.237. The molecule has 0 bridgehead atoms. The summed E-state index contributed by atoms with van der Waals surface area (Å²) in [5.41, 5.74) is -0.237. The van der Waals surface area contributed by atoms with Crippen LogP contribution >= 0.6 is 0 Å². The van der Waals surface area contributed by atoms with Gasteiger partial charge in [-0.15, -0.1) is 0 Å². The average Bonchev–Trinajstić information content (AvgIpc) is 2.27. The molecule has 0 spiro atoms. The van der Waals surface area contributed by atoms with Crippen LogP contribution in [-0.4, -0.2) is 44.2 Å². The maximum atomic E-state index is 12.3. The Morgan fingerprint density at radius 1 is 1.35 bits per heavy atom. The minimum Gasteiger partial charge on any atom is -0.318 e. The largest absolute Gasteiger partial charge is 0.318 e. The van der Waals surface area contributed by atoms with E-state index in [0.29, 0.717) is 12.3 Å². The summed E-state index contributed by atoms with van der Waals surface area (Å²) >= 11 is 0. The number of hydrogen-bond donors (Lipinski definition) is 1. The lowest BCUT2D eigenvalue weighted by atomic mass is 9.91. The van der Waals surface area contributed by atoms with Gasteiger partial charge in [-0.05, 0) is 33.2 Å². The highest BCUT2D eigenvalue weighted by atomic mass is 32.2. The number of nitrogens with one attached hydrogen (secondary N) is 1. The van der Waals surface area contributed by atoms with Gasteiger partial charge in [-0.3, -0.25) is 0 Å². The van der Waals surface area contributed by atoms with E-state index < -0.39 is 10.0 Å². The monoisotopic (exact) mass is 262 g/mol. The second kappa shape index (κ2) is 6.16. The fourth-order valence-corrected chi connectivity index (χ4v) is 4.73. The predicted octanol–water partition coefficient (Wildman–Crippen LogP) is 1.58. The van der Waals surface area contributed by atoms with Crippen molar-refractivity contribution in [1.29, 1.82) is 0 Å². The smallest absolute Gasteiger partial charge is 0.214 e. The van der Waals surface area contributed by atoms with E-state index in [9.17, 15) is 8.42 Å². The molecule has 0 aromatic heterocycles. The zero-order valence-corrected chi connectivity index (χ0v) is 12.1. The summed E-state index contributed by atoms with van der Waals surface area (Å²) in [4.78, 5) is 0. The van der Waals surface area contributed by atoms with E-state index >= 15 is 0 Å². The molecule has 1 saturated heterocycles. The van der Waals surface area contributed by atoms with Crippen molar-refractivity contribution >= 4 is 10.0 Å². The Morgan fingerprint density at radius 2 is 2.06 bits per heavy atom. The molecule has 0 aromatic carbocycles. The lowest BCUT2D eigenvalue weighted by molar-refractivity contribution is 0.149. The van der Waals surface area contributed by atoms with Crippen LogP contribution in [0.25, 0.3) is 0 Å². The number of likely N-dealkylation sites (N-methyl/N-ethyl adjacent to an activating group) is 1. The Labute approximate surface area is 106 Å². The molecule has 1 heterocycles. The van der Waals surface area contributed by atoms with Gasteiger partial charge in [0.1, 0.15) is 0 Å². The van der Waals surface area contributed by atoms with Gasteiger partial charge in [0.05, 0.1) is 5.75 Å². The standard InChI is InChI=1S/C12H26N2O2S/c1-4-5-10-17(15,16)14-9-7-6-8-12(14,2)11-13-3/h13H,4-11H2,1-3H3. The highest BCUT2D eigenvalue weighted by Crippen LogP contribution is 2.30. The van der Waals surface area contributed by atoms with Gasteiger partial charge in [0.25, 0.3) is 0 Å². The van der Waals surface area contributed by atoms with Gasteiger partial charge in [0.15, 0.2) is 0 Å². The van der Waals surface area contributed by atoms with Gasteiger partial charge in [0.2, 0.25) is 10.0 Å². The lowest BCUT2D eigenvalue weighted by Gasteiger charge is -2.43.